The maximum atomic E-state index is 11.7. The van der Waals surface area contributed by atoms with Gasteiger partial charge in [0.1, 0.15) is 11.5 Å². The molecule has 1 aromatic rings. The number of ether oxygens (including phenoxy) is 3. The van der Waals surface area contributed by atoms with E-state index in [1.807, 2.05) is 0 Å². The second-order valence-corrected chi connectivity index (χ2v) is 3.75. The number of methoxy groups -OCH3 is 3. The summed E-state index contributed by atoms with van der Waals surface area (Å²) in [5, 5.41) is 0. The third-order valence-electron chi connectivity index (χ3n) is 2.66. The van der Waals surface area contributed by atoms with Crippen molar-refractivity contribution in [3.05, 3.63) is 36.4 Å². The summed E-state index contributed by atoms with van der Waals surface area (Å²) in [6, 6.07) is 5.35. The smallest absolute Gasteiger partial charge is 0.313 e. The summed E-state index contributed by atoms with van der Waals surface area (Å²) in [6.45, 7) is 3.66. The molecule has 0 radical (unpaired) electrons. The van der Waals surface area contributed by atoms with E-state index in [9.17, 15) is 4.79 Å². The highest BCUT2D eigenvalue weighted by Crippen LogP contribution is 2.30. The molecule has 0 aromatic heterocycles. The third kappa shape index (κ3) is 3.26. The van der Waals surface area contributed by atoms with Gasteiger partial charge in [-0.3, -0.25) is 4.79 Å². The zero-order valence-electron chi connectivity index (χ0n) is 10.9. The standard InChI is InChI=1S/C14H18O4/c1-5-6-13(14(15)18-4)10-7-11(16-2)9-12(8-10)17-3/h5,7-9,13H,1,6H2,2-4H3. The van der Waals surface area contributed by atoms with Crippen molar-refractivity contribution in [3.8, 4) is 11.5 Å². The summed E-state index contributed by atoms with van der Waals surface area (Å²) in [7, 11) is 4.51. The van der Waals surface area contributed by atoms with Crippen LogP contribution in [0.2, 0.25) is 0 Å². The van der Waals surface area contributed by atoms with Crippen LogP contribution in [0, 0.1) is 0 Å². The quantitative estimate of drug-likeness (QED) is 0.575. The van der Waals surface area contributed by atoms with Crippen LogP contribution in [0.1, 0.15) is 17.9 Å². The fourth-order valence-corrected chi connectivity index (χ4v) is 1.71. The van der Waals surface area contributed by atoms with Gasteiger partial charge in [0, 0.05) is 6.07 Å². The van der Waals surface area contributed by atoms with Crippen LogP contribution in [0.5, 0.6) is 11.5 Å². The van der Waals surface area contributed by atoms with E-state index in [0.717, 1.165) is 5.56 Å². The molecule has 0 spiro atoms. The number of rotatable bonds is 6. The first-order valence-corrected chi connectivity index (χ1v) is 5.58. The molecule has 18 heavy (non-hydrogen) atoms. The topological polar surface area (TPSA) is 44.8 Å². The minimum atomic E-state index is -0.392. The Labute approximate surface area is 107 Å². The normalized spacial score (nSPS) is 11.5. The minimum absolute atomic E-state index is 0.301. The van der Waals surface area contributed by atoms with Gasteiger partial charge < -0.3 is 14.2 Å². The highest BCUT2D eigenvalue weighted by Gasteiger charge is 2.21. The highest BCUT2D eigenvalue weighted by atomic mass is 16.5. The van der Waals surface area contributed by atoms with Crippen molar-refractivity contribution >= 4 is 5.97 Å². The fraction of sp³-hybridized carbons (Fsp3) is 0.357. The van der Waals surface area contributed by atoms with Gasteiger partial charge in [-0.05, 0) is 24.1 Å². The van der Waals surface area contributed by atoms with Crippen molar-refractivity contribution in [2.45, 2.75) is 12.3 Å². The molecule has 4 nitrogen and oxygen atoms in total. The molecule has 0 aliphatic rings. The van der Waals surface area contributed by atoms with E-state index in [2.05, 4.69) is 6.58 Å². The van der Waals surface area contributed by atoms with Gasteiger partial charge >= 0.3 is 5.97 Å². The van der Waals surface area contributed by atoms with Gasteiger partial charge in [0.15, 0.2) is 0 Å². The van der Waals surface area contributed by atoms with Crippen molar-refractivity contribution < 1.29 is 19.0 Å². The highest BCUT2D eigenvalue weighted by molar-refractivity contribution is 5.78. The van der Waals surface area contributed by atoms with Gasteiger partial charge in [-0.1, -0.05) is 6.08 Å². The molecule has 0 heterocycles. The Kier molecular flexibility index (Phi) is 5.24. The van der Waals surface area contributed by atoms with Gasteiger partial charge in [0.25, 0.3) is 0 Å². The number of carbonyl (C=O) groups is 1. The van der Waals surface area contributed by atoms with Crippen LogP contribution < -0.4 is 9.47 Å². The van der Waals surface area contributed by atoms with Crippen molar-refractivity contribution in [1.82, 2.24) is 0 Å². The van der Waals surface area contributed by atoms with Crippen molar-refractivity contribution in [2.24, 2.45) is 0 Å². The van der Waals surface area contributed by atoms with Crippen molar-refractivity contribution in [1.29, 1.82) is 0 Å². The number of esters is 1. The van der Waals surface area contributed by atoms with Crippen molar-refractivity contribution in [2.75, 3.05) is 21.3 Å². The van der Waals surface area contributed by atoms with E-state index in [1.165, 1.54) is 7.11 Å². The lowest BCUT2D eigenvalue weighted by Crippen LogP contribution is -2.14. The average Bonchev–Trinajstić information content (AvgIpc) is 2.43. The second kappa shape index (κ2) is 6.69. The molecule has 1 aromatic carbocycles. The Balaban J connectivity index is 3.17. The first-order valence-electron chi connectivity index (χ1n) is 5.58. The molecule has 4 heteroatoms. The van der Waals surface area contributed by atoms with Crippen LogP contribution >= 0.6 is 0 Å². The van der Waals surface area contributed by atoms with E-state index in [4.69, 9.17) is 14.2 Å². The van der Waals surface area contributed by atoms with E-state index < -0.39 is 5.92 Å². The minimum Gasteiger partial charge on any atom is -0.497 e. The SMILES string of the molecule is C=CCC(C(=O)OC)c1cc(OC)cc(OC)c1. The van der Waals surface area contributed by atoms with Crippen LogP contribution in [0.25, 0.3) is 0 Å². The molecule has 0 N–H and O–H groups in total. The summed E-state index contributed by atoms with van der Waals surface area (Å²) in [4.78, 5) is 11.7. The maximum absolute atomic E-state index is 11.7. The average molecular weight is 250 g/mol. The van der Waals surface area contributed by atoms with Crippen LogP contribution in [0.15, 0.2) is 30.9 Å². The van der Waals surface area contributed by atoms with Gasteiger partial charge in [-0.2, -0.15) is 0 Å². The molecule has 0 saturated heterocycles. The Morgan fingerprint density at radius 3 is 2.17 bits per heavy atom. The first kappa shape index (κ1) is 14.1. The number of hydrogen-bond acceptors (Lipinski definition) is 4. The van der Waals surface area contributed by atoms with E-state index in [0.29, 0.717) is 17.9 Å². The summed E-state index contributed by atoms with van der Waals surface area (Å²) < 4.78 is 15.2. The summed E-state index contributed by atoms with van der Waals surface area (Å²) >= 11 is 0. The predicted octanol–water partition coefficient (Wildman–Crippen LogP) is 2.54. The monoisotopic (exact) mass is 250 g/mol. The van der Waals surface area contributed by atoms with Crippen LogP contribution in [0.4, 0.5) is 0 Å². The van der Waals surface area contributed by atoms with Gasteiger partial charge in [0.2, 0.25) is 0 Å². The van der Waals surface area contributed by atoms with E-state index >= 15 is 0 Å². The maximum Gasteiger partial charge on any atom is 0.313 e. The van der Waals surface area contributed by atoms with Gasteiger partial charge in [0.05, 0.1) is 27.2 Å². The van der Waals surface area contributed by atoms with E-state index in [1.54, 1.807) is 38.5 Å². The summed E-state index contributed by atoms with van der Waals surface area (Å²) in [5.41, 5.74) is 0.790. The lowest BCUT2D eigenvalue weighted by atomic mass is 9.95. The summed E-state index contributed by atoms with van der Waals surface area (Å²) in [5.74, 6) is 0.589. The summed E-state index contributed by atoms with van der Waals surface area (Å²) in [6.07, 6.45) is 2.19. The molecule has 0 aliphatic carbocycles. The fourth-order valence-electron chi connectivity index (χ4n) is 1.71. The molecule has 0 saturated carbocycles. The Bertz CT molecular complexity index is 404. The van der Waals surface area contributed by atoms with Crippen LogP contribution in [-0.4, -0.2) is 27.3 Å². The Morgan fingerprint density at radius 2 is 1.78 bits per heavy atom. The lowest BCUT2D eigenvalue weighted by molar-refractivity contribution is -0.142. The largest absolute Gasteiger partial charge is 0.497 e. The van der Waals surface area contributed by atoms with Gasteiger partial charge in [-0.15, -0.1) is 6.58 Å². The Morgan fingerprint density at radius 1 is 1.22 bits per heavy atom. The van der Waals surface area contributed by atoms with Crippen LogP contribution in [0.3, 0.4) is 0 Å². The molecule has 0 fully saturated rings. The zero-order valence-corrected chi connectivity index (χ0v) is 10.9. The molecule has 98 valence electrons. The van der Waals surface area contributed by atoms with Gasteiger partial charge in [-0.25, -0.2) is 0 Å². The molecule has 1 atom stereocenters. The molecule has 0 bridgehead atoms. The number of carbonyl (C=O) groups excluding carboxylic acids is 1. The second-order valence-electron chi connectivity index (χ2n) is 3.75. The molecular formula is C14H18O4. The zero-order chi connectivity index (χ0) is 13.5. The first-order chi connectivity index (χ1) is 8.65. The molecule has 1 rings (SSSR count). The molecule has 1 unspecified atom stereocenters. The molecule has 0 amide bonds. The third-order valence-corrected chi connectivity index (χ3v) is 2.66. The lowest BCUT2D eigenvalue weighted by Gasteiger charge is -2.15. The Hall–Kier alpha value is -1.97. The molecular weight excluding hydrogens is 232 g/mol. The molecule has 0 aliphatic heterocycles. The number of benzene rings is 1. The van der Waals surface area contributed by atoms with Crippen LogP contribution in [-0.2, 0) is 9.53 Å². The van der Waals surface area contributed by atoms with Crippen molar-refractivity contribution in [3.63, 3.8) is 0 Å². The van der Waals surface area contributed by atoms with E-state index in [-0.39, 0.29) is 5.97 Å². The predicted molar refractivity (Wildman–Crippen MR) is 69.1 cm³/mol. The number of hydrogen-bond donors (Lipinski definition) is 0. The number of allylic oxidation sites excluding steroid dienone is 1.